The second-order valence-corrected chi connectivity index (χ2v) is 5.99. The monoisotopic (exact) mass is 316 g/mol. The minimum absolute atomic E-state index is 0.808. The largest absolute Gasteiger partial charge is 0.352 e. The molecule has 0 unspecified atom stereocenters. The van der Waals surface area contributed by atoms with Gasteiger partial charge in [0.1, 0.15) is 12.2 Å². The summed E-state index contributed by atoms with van der Waals surface area (Å²) in [7, 11) is 0. The molecule has 22 heavy (non-hydrogen) atoms. The zero-order valence-electron chi connectivity index (χ0n) is 12.3. The molecule has 3 aromatic heterocycles. The average molecular weight is 316 g/mol. The zero-order chi connectivity index (χ0) is 14.9. The Morgan fingerprint density at radius 2 is 2.00 bits per heavy atom. The lowest BCUT2D eigenvalue weighted by Gasteiger charge is -2.22. The van der Waals surface area contributed by atoms with E-state index in [0.29, 0.717) is 0 Å². The summed E-state index contributed by atoms with van der Waals surface area (Å²) >= 11 is 1.47. The van der Waals surface area contributed by atoms with E-state index in [4.69, 9.17) is 0 Å². The molecular formula is C13H16N8S. The Hall–Kier alpha value is -2.29. The standard InChI is InChI=1S/C13H16N8S/c1-10-16-13(22-18-10)20-5-2-4-19(7-8-20)11-12-17-15-9-21(12)6-3-14-11/h3,6,9H,2,4-5,7-8H2,1H3. The van der Waals surface area contributed by atoms with E-state index >= 15 is 0 Å². The molecule has 0 spiro atoms. The molecule has 4 heterocycles. The number of rotatable bonds is 2. The molecule has 9 heteroatoms. The SMILES string of the molecule is Cc1nsc(N2CCCN(c3nccn4cnnc34)CC2)n1. The van der Waals surface area contributed by atoms with E-state index in [2.05, 4.69) is 34.3 Å². The third-order valence-electron chi connectivity index (χ3n) is 3.78. The molecule has 8 nitrogen and oxygen atoms in total. The van der Waals surface area contributed by atoms with Crippen LogP contribution in [-0.4, -0.2) is 55.1 Å². The summed E-state index contributed by atoms with van der Waals surface area (Å²) in [5.74, 6) is 1.74. The molecule has 0 bridgehead atoms. The normalized spacial score (nSPS) is 16.2. The summed E-state index contributed by atoms with van der Waals surface area (Å²) in [6, 6.07) is 0. The van der Waals surface area contributed by atoms with Crippen LogP contribution in [0.25, 0.3) is 5.65 Å². The predicted octanol–water partition coefficient (Wildman–Crippen LogP) is 1.00. The van der Waals surface area contributed by atoms with Crippen molar-refractivity contribution in [3.05, 3.63) is 24.5 Å². The van der Waals surface area contributed by atoms with Gasteiger partial charge in [0.25, 0.3) is 0 Å². The second-order valence-electron chi connectivity index (χ2n) is 5.26. The highest BCUT2D eigenvalue weighted by molar-refractivity contribution is 7.09. The number of nitrogens with zero attached hydrogens (tertiary/aromatic N) is 8. The molecule has 114 valence electrons. The fraction of sp³-hybridized carbons (Fsp3) is 0.462. The van der Waals surface area contributed by atoms with E-state index in [0.717, 1.165) is 55.0 Å². The van der Waals surface area contributed by atoms with Crippen LogP contribution in [0.5, 0.6) is 0 Å². The minimum Gasteiger partial charge on any atom is -0.352 e. The number of hydrogen-bond donors (Lipinski definition) is 0. The van der Waals surface area contributed by atoms with Gasteiger partial charge in [-0.3, -0.25) is 4.40 Å². The first kappa shape index (κ1) is 13.4. The van der Waals surface area contributed by atoms with Gasteiger partial charge >= 0.3 is 0 Å². The van der Waals surface area contributed by atoms with Crippen molar-refractivity contribution in [1.29, 1.82) is 0 Å². The van der Waals surface area contributed by atoms with Crippen LogP contribution in [-0.2, 0) is 0 Å². The summed E-state index contributed by atoms with van der Waals surface area (Å²) < 4.78 is 6.18. The van der Waals surface area contributed by atoms with Crippen LogP contribution in [0.1, 0.15) is 12.2 Å². The van der Waals surface area contributed by atoms with Crippen LogP contribution in [0.4, 0.5) is 10.9 Å². The van der Waals surface area contributed by atoms with Gasteiger partial charge in [-0.25, -0.2) is 9.97 Å². The van der Waals surface area contributed by atoms with Gasteiger partial charge in [0.05, 0.1) is 0 Å². The summed E-state index contributed by atoms with van der Waals surface area (Å²) in [5, 5.41) is 9.15. The number of aromatic nitrogens is 6. The number of anilines is 2. The quantitative estimate of drug-likeness (QED) is 0.698. The topological polar surface area (TPSA) is 75.3 Å². The van der Waals surface area contributed by atoms with Crippen molar-refractivity contribution >= 4 is 28.1 Å². The molecule has 0 atom stereocenters. The van der Waals surface area contributed by atoms with Crippen molar-refractivity contribution in [2.45, 2.75) is 13.3 Å². The molecule has 1 aliphatic rings. The van der Waals surface area contributed by atoms with E-state index < -0.39 is 0 Å². The fourth-order valence-electron chi connectivity index (χ4n) is 2.70. The summed E-state index contributed by atoms with van der Waals surface area (Å²) in [6.07, 6.45) is 6.42. The van der Waals surface area contributed by atoms with E-state index in [9.17, 15) is 0 Å². The highest BCUT2D eigenvalue weighted by Crippen LogP contribution is 2.22. The molecule has 0 saturated carbocycles. The maximum absolute atomic E-state index is 4.51. The van der Waals surface area contributed by atoms with Crippen LogP contribution in [0.2, 0.25) is 0 Å². The summed E-state index contributed by atoms with van der Waals surface area (Å²) in [5.41, 5.74) is 0.808. The van der Waals surface area contributed by atoms with Gasteiger partial charge in [-0.15, -0.1) is 10.2 Å². The van der Waals surface area contributed by atoms with Crippen molar-refractivity contribution in [2.75, 3.05) is 36.0 Å². The molecule has 1 saturated heterocycles. The van der Waals surface area contributed by atoms with Crippen molar-refractivity contribution in [1.82, 2.24) is 28.9 Å². The predicted molar refractivity (Wildman–Crippen MR) is 84.5 cm³/mol. The average Bonchev–Trinajstić information content (AvgIpc) is 3.10. The van der Waals surface area contributed by atoms with Gasteiger partial charge in [0, 0.05) is 50.1 Å². The van der Waals surface area contributed by atoms with Gasteiger partial charge in [0.2, 0.25) is 10.8 Å². The molecule has 0 amide bonds. The Morgan fingerprint density at radius 1 is 1.14 bits per heavy atom. The van der Waals surface area contributed by atoms with Crippen LogP contribution in [0.15, 0.2) is 18.7 Å². The van der Waals surface area contributed by atoms with Gasteiger partial charge in [-0.2, -0.15) is 4.37 Å². The smallest absolute Gasteiger partial charge is 0.205 e. The van der Waals surface area contributed by atoms with Crippen LogP contribution in [0, 0.1) is 6.92 Å². The van der Waals surface area contributed by atoms with Crippen molar-refractivity contribution in [2.24, 2.45) is 0 Å². The molecule has 4 rings (SSSR count). The minimum atomic E-state index is 0.808. The molecule has 0 aromatic carbocycles. The van der Waals surface area contributed by atoms with Crippen LogP contribution in [0.3, 0.4) is 0 Å². The van der Waals surface area contributed by atoms with Crippen molar-refractivity contribution in [3.63, 3.8) is 0 Å². The van der Waals surface area contributed by atoms with E-state index in [-0.39, 0.29) is 0 Å². The van der Waals surface area contributed by atoms with E-state index in [1.807, 2.05) is 17.5 Å². The number of aryl methyl sites for hydroxylation is 1. The van der Waals surface area contributed by atoms with Gasteiger partial charge in [-0.1, -0.05) is 0 Å². The Balaban J connectivity index is 1.56. The molecule has 0 radical (unpaired) electrons. The maximum atomic E-state index is 4.51. The summed E-state index contributed by atoms with van der Waals surface area (Å²) in [6.45, 7) is 5.67. The second kappa shape index (κ2) is 5.48. The molecule has 3 aromatic rings. The lowest BCUT2D eigenvalue weighted by atomic mass is 10.4. The fourth-order valence-corrected chi connectivity index (χ4v) is 3.43. The van der Waals surface area contributed by atoms with Crippen molar-refractivity contribution in [3.8, 4) is 0 Å². The lowest BCUT2D eigenvalue weighted by Crippen LogP contribution is -2.31. The first-order valence-corrected chi connectivity index (χ1v) is 8.03. The Kier molecular flexibility index (Phi) is 3.34. The highest BCUT2D eigenvalue weighted by Gasteiger charge is 2.20. The molecule has 0 aliphatic carbocycles. The summed E-state index contributed by atoms with van der Waals surface area (Å²) in [4.78, 5) is 13.6. The Morgan fingerprint density at radius 3 is 2.86 bits per heavy atom. The maximum Gasteiger partial charge on any atom is 0.205 e. The van der Waals surface area contributed by atoms with E-state index in [1.54, 1.807) is 12.5 Å². The van der Waals surface area contributed by atoms with E-state index in [1.165, 1.54) is 11.5 Å². The first-order valence-electron chi connectivity index (χ1n) is 7.26. The van der Waals surface area contributed by atoms with Gasteiger partial charge < -0.3 is 9.80 Å². The molecular weight excluding hydrogens is 300 g/mol. The number of fused-ring (bicyclic) bond motifs is 1. The van der Waals surface area contributed by atoms with Gasteiger partial charge in [-0.05, 0) is 13.3 Å². The zero-order valence-corrected chi connectivity index (χ0v) is 13.1. The highest BCUT2D eigenvalue weighted by atomic mass is 32.1. The molecule has 0 N–H and O–H groups in total. The third-order valence-corrected chi connectivity index (χ3v) is 4.65. The lowest BCUT2D eigenvalue weighted by molar-refractivity contribution is 0.795. The van der Waals surface area contributed by atoms with Crippen molar-refractivity contribution < 1.29 is 0 Å². The molecule has 1 fully saturated rings. The molecule has 1 aliphatic heterocycles. The third kappa shape index (κ3) is 2.37. The Bertz CT molecular complexity index is 781. The number of hydrogen-bond acceptors (Lipinski definition) is 8. The van der Waals surface area contributed by atoms with Crippen LogP contribution < -0.4 is 9.80 Å². The first-order chi connectivity index (χ1) is 10.8. The Labute approximate surface area is 131 Å². The van der Waals surface area contributed by atoms with Crippen LogP contribution >= 0.6 is 11.5 Å². The van der Waals surface area contributed by atoms with Gasteiger partial charge in [0.15, 0.2) is 5.82 Å².